The lowest BCUT2D eigenvalue weighted by Gasteiger charge is -2.28. The summed E-state index contributed by atoms with van der Waals surface area (Å²) in [4.78, 5) is 0. The average Bonchev–Trinajstić information content (AvgIpc) is 2.59. The normalized spacial score (nSPS) is 21.7. The molecule has 2 rings (SSSR count). The van der Waals surface area contributed by atoms with Crippen LogP contribution >= 0.6 is 0 Å². The second kappa shape index (κ2) is 8.85. The Balaban J connectivity index is 1.73. The van der Waals surface area contributed by atoms with E-state index < -0.39 is 0 Å². The van der Waals surface area contributed by atoms with Gasteiger partial charge >= 0.3 is 0 Å². The van der Waals surface area contributed by atoms with Gasteiger partial charge in [-0.1, -0.05) is 30.4 Å². The molecule has 1 aromatic carbocycles. The second-order valence-corrected chi connectivity index (χ2v) is 5.95. The van der Waals surface area contributed by atoms with Crippen molar-refractivity contribution in [3.8, 4) is 12.1 Å². The topological polar surface area (TPSA) is 47.6 Å². The molecule has 0 aliphatic heterocycles. The molecule has 1 aliphatic rings. The van der Waals surface area contributed by atoms with E-state index in [1.54, 1.807) is 6.08 Å². The fourth-order valence-corrected chi connectivity index (χ4v) is 3.22. The standard InChI is InChI=1S/C20H22N2/c21-15-5-3-1-2-4-6-17-7-11-19(12-8-17)20-13-9-18(16-22)10-14-20/h1-3,5,9-10,13-14,17,19H,4,6-8,11-12H2. The molecule has 22 heavy (non-hydrogen) atoms. The van der Waals surface area contributed by atoms with E-state index in [0.717, 1.165) is 17.9 Å². The summed E-state index contributed by atoms with van der Waals surface area (Å²) >= 11 is 0. The summed E-state index contributed by atoms with van der Waals surface area (Å²) in [5.74, 6) is 1.50. The molecule has 0 saturated heterocycles. The van der Waals surface area contributed by atoms with Crippen molar-refractivity contribution in [2.45, 2.75) is 44.4 Å². The predicted octanol–water partition coefficient (Wildman–Crippen LogP) is 5.25. The van der Waals surface area contributed by atoms with Crippen molar-refractivity contribution in [3.63, 3.8) is 0 Å². The van der Waals surface area contributed by atoms with Crippen LogP contribution in [0.15, 0.2) is 48.6 Å². The molecule has 0 amide bonds. The Bertz CT molecular complexity index is 588. The highest BCUT2D eigenvalue weighted by atomic mass is 14.3. The van der Waals surface area contributed by atoms with Crippen molar-refractivity contribution in [1.82, 2.24) is 0 Å². The number of hydrogen-bond acceptors (Lipinski definition) is 2. The number of benzene rings is 1. The van der Waals surface area contributed by atoms with Crippen LogP contribution in [-0.2, 0) is 0 Å². The van der Waals surface area contributed by atoms with Crippen LogP contribution in [0.25, 0.3) is 0 Å². The van der Waals surface area contributed by atoms with Crippen molar-refractivity contribution in [3.05, 3.63) is 59.7 Å². The third-order valence-electron chi connectivity index (χ3n) is 4.52. The van der Waals surface area contributed by atoms with Crippen LogP contribution in [0, 0.1) is 28.6 Å². The lowest BCUT2D eigenvalue weighted by atomic mass is 9.77. The Morgan fingerprint density at radius 1 is 1.00 bits per heavy atom. The summed E-state index contributed by atoms with van der Waals surface area (Å²) in [6.07, 6.45) is 14.9. The first-order chi connectivity index (χ1) is 10.8. The van der Waals surface area contributed by atoms with E-state index in [1.165, 1.54) is 43.7 Å². The SMILES string of the molecule is N#CC=CC=CCCC1CCC(c2ccc(C#N)cc2)CC1. The number of nitrogens with zero attached hydrogens (tertiary/aromatic N) is 2. The van der Waals surface area contributed by atoms with Gasteiger partial charge in [0.05, 0.1) is 17.7 Å². The molecule has 0 unspecified atom stereocenters. The number of allylic oxidation sites excluding steroid dienone is 4. The summed E-state index contributed by atoms with van der Waals surface area (Å²) in [5.41, 5.74) is 2.13. The van der Waals surface area contributed by atoms with Crippen LogP contribution in [0.3, 0.4) is 0 Å². The monoisotopic (exact) mass is 290 g/mol. The van der Waals surface area contributed by atoms with Gasteiger partial charge in [-0.15, -0.1) is 0 Å². The maximum atomic E-state index is 8.85. The van der Waals surface area contributed by atoms with Crippen molar-refractivity contribution >= 4 is 0 Å². The molecule has 2 heteroatoms. The van der Waals surface area contributed by atoms with Crippen LogP contribution in [0.5, 0.6) is 0 Å². The molecule has 112 valence electrons. The van der Waals surface area contributed by atoms with E-state index in [-0.39, 0.29) is 0 Å². The van der Waals surface area contributed by atoms with E-state index in [2.05, 4.69) is 24.3 Å². The first-order valence-corrected chi connectivity index (χ1v) is 8.05. The van der Waals surface area contributed by atoms with Gasteiger partial charge in [0, 0.05) is 6.08 Å². The molecule has 0 atom stereocenters. The van der Waals surface area contributed by atoms with Crippen molar-refractivity contribution in [2.24, 2.45) is 5.92 Å². The van der Waals surface area contributed by atoms with Gasteiger partial charge in [0.2, 0.25) is 0 Å². The van der Waals surface area contributed by atoms with E-state index in [9.17, 15) is 0 Å². The van der Waals surface area contributed by atoms with Gasteiger partial charge < -0.3 is 0 Å². The zero-order chi connectivity index (χ0) is 15.6. The quantitative estimate of drug-likeness (QED) is 0.549. The lowest BCUT2D eigenvalue weighted by Crippen LogP contribution is -2.13. The van der Waals surface area contributed by atoms with Crippen molar-refractivity contribution in [1.29, 1.82) is 10.5 Å². The first kappa shape index (κ1) is 16.1. The minimum Gasteiger partial charge on any atom is -0.193 e. The van der Waals surface area contributed by atoms with Gasteiger partial charge in [-0.2, -0.15) is 10.5 Å². The molecule has 0 heterocycles. The van der Waals surface area contributed by atoms with Gasteiger partial charge in [0.25, 0.3) is 0 Å². The summed E-state index contributed by atoms with van der Waals surface area (Å²) < 4.78 is 0. The Morgan fingerprint density at radius 3 is 2.36 bits per heavy atom. The Hall–Kier alpha value is -2.32. The van der Waals surface area contributed by atoms with Crippen LogP contribution in [0.2, 0.25) is 0 Å². The Labute approximate surface area is 133 Å². The first-order valence-electron chi connectivity index (χ1n) is 8.05. The third-order valence-corrected chi connectivity index (χ3v) is 4.52. The Kier molecular flexibility index (Phi) is 6.46. The fourth-order valence-electron chi connectivity index (χ4n) is 3.22. The number of nitriles is 2. The van der Waals surface area contributed by atoms with E-state index in [4.69, 9.17) is 10.5 Å². The minimum absolute atomic E-state index is 0.665. The van der Waals surface area contributed by atoms with Gasteiger partial charge in [0.1, 0.15) is 0 Å². The van der Waals surface area contributed by atoms with E-state index in [0.29, 0.717) is 5.92 Å². The molecular formula is C20H22N2. The lowest BCUT2D eigenvalue weighted by molar-refractivity contribution is 0.312. The summed E-state index contributed by atoms with van der Waals surface area (Å²) in [7, 11) is 0. The smallest absolute Gasteiger partial charge is 0.0991 e. The molecule has 0 N–H and O–H groups in total. The van der Waals surface area contributed by atoms with Gasteiger partial charge in [-0.3, -0.25) is 0 Å². The van der Waals surface area contributed by atoms with E-state index in [1.807, 2.05) is 24.3 Å². The highest BCUT2D eigenvalue weighted by molar-refractivity contribution is 5.33. The van der Waals surface area contributed by atoms with Crippen LogP contribution in [0.4, 0.5) is 0 Å². The molecule has 2 nitrogen and oxygen atoms in total. The molecule has 0 aromatic heterocycles. The molecular weight excluding hydrogens is 268 g/mol. The minimum atomic E-state index is 0.665. The Morgan fingerprint density at radius 2 is 1.73 bits per heavy atom. The highest BCUT2D eigenvalue weighted by Crippen LogP contribution is 2.37. The van der Waals surface area contributed by atoms with Gasteiger partial charge in [0.15, 0.2) is 0 Å². The molecule has 1 saturated carbocycles. The fraction of sp³-hybridized carbons (Fsp3) is 0.400. The summed E-state index contributed by atoms with van der Waals surface area (Å²) in [6.45, 7) is 0. The number of rotatable bonds is 5. The van der Waals surface area contributed by atoms with Crippen LogP contribution in [-0.4, -0.2) is 0 Å². The van der Waals surface area contributed by atoms with Crippen LogP contribution < -0.4 is 0 Å². The van der Waals surface area contributed by atoms with Gasteiger partial charge in [-0.05, 0) is 68.1 Å². The molecule has 1 aromatic rings. The van der Waals surface area contributed by atoms with E-state index >= 15 is 0 Å². The second-order valence-electron chi connectivity index (χ2n) is 5.95. The predicted molar refractivity (Wildman–Crippen MR) is 89.0 cm³/mol. The summed E-state index contributed by atoms with van der Waals surface area (Å²) in [5, 5.41) is 17.2. The molecule has 0 spiro atoms. The molecule has 0 radical (unpaired) electrons. The van der Waals surface area contributed by atoms with Crippen molar-refractivity contribution in [2.75, 3.05) is 0 Å². The largest absolute Gasteiger partial charge is 0.193 e. The van der Waals surface area contributed by atoms with Crippen molar-refractivity contribution < 1.29 is 0 Å². The van der Waals surface area contributed by atoms with Gasteiger partial charge in [-0.25, -0.2) is 0 Å². The summed E-state index contributed by atoms with van der Waals surface area (Å²) in [6, 6.07) is 12.3. The average molecular weight is 290 g/mol. The maximum Gasteiger partial charge on any atom is 0.0991 e. The zero-order valence-corrected chi connectivity index (χ0v) is 12.9. The molecule has 0 bridgehead atoms. The zero-order valence-electron chi connectivity index (χ0n) is 12.9. The maximum absolute atomic E-state index is 8.85. The highest BCUT2D eigenvalue weighted by Gasteiger charge is 2.21. The van der Waals surface area contributed by atoms with Crippen LogP contribution in [0.1, 0.15) is 55.6 Å². The molecule has 1 fully saturated rings. The number of hydrogen-bond donors (Lipinski definition) is 0. The molecule has 1 aliphatic carbocycles. The third kappa shape index (κ3) is 4.90.